The van der Waals surface area contributed by atoms with Gasteiger partial charge in [-0.2, -0.15) is 0 Å². The summed E-state index contributed by atoms with van der Waals surface area (Å²) in [7, 11) is 0. The van der Waals surface area contributed by atoms with Crippen LogP contribution in [0.1, 0.15) is 16.7 Å². The van der Waals surface area contributed by atoms with Crippen LogP contribution in [0.15, 0.2) is 54.6 Å². The lowest BCUT2D eigenvalue weighted by atomic mass is 10.0. The summed E-state index contributed by atoms with van der Waals surface area (Å²) in [6, 6.07) is 15.8. The van der Waals surface area contributed by atoms with Gasteiger partial charge in [-0.3, -0.25) is 0 Å². The lowest BCUT2D eigenvalue weighted by Crippen LogP contribution is -1.84. The molecule has 0 radical (unpaired) electrons. The summed E-state index contributed by atoms with van der Waals surface area (Å²) in [5.41, 5.74) is 2.51. The van der Waals surface area contributed by atoms with E-state index in [1.165, 1.54) is 11.6 Å². The summed E-state index contributed by atoms with van der Waals surface area (Å²) in [6.45, 7) is 2.05. The number of hydrogen-bond donors (Lipinski definition) is 0. The molecule has 21 heavy (non-hydrogen) atoms. The number of fused-ring (bicyclic) bond motifs is 1. The molecule has 3 aromatic rings. The Morgan fingerprint density at radius 3 is 2.05 bits per heavy atom. The summed E-state index contributed by atoms with van der Waals surface area (Å²) < 4.78 is 26.0. The van der Waals surface area contributed by atoms with Crippen molar-refractivity contribution in [2.45, 2.75) is 6.92 Å². The van der Waals surface area contributed by atoms with Gasteiger partial charge in [0.05, 0.1) is 0 Å². The van der Waals surface area contributed by atoms with Crippen LogP contribution in [-0.2, 0) is 0 Å². The molecule has 0 bridgehead atoms. The molecule has 0 atom stereocenters. The molecule has 0 fully saturated rings. The highest BCUT2D eigenvalue weighted by Crippen LogP contribution is 2.17. The largest absolute Gasteiger partial charge is 0.204 e. The first kappa shape index (κ1) is 13.3. The lowest BCUT2D eigenvalue weighted by Gasteiger charge is -2.00. The molecule has 102 valence electrons. The molecule has 0 spiro atoms. The highest BCUT2D eigenvalue weighted by molar-refractivity contribution is 5.84. The van der Waals surface area contributed by atoms with E-state index in [9.17, 15) is 8.78 Å². The van der Waals surface area contributed by atoms with Gasteiger partial charge in [-0.05, 0) is 48.0 Å². The van der Waals surface area contributed by atoms with Crippen molar-refractivity contribution in [2.24, 2.45) is 0 Å². The van der Waals surface area contributed by atoms with Crippen molar-refractivity contribution in [1.29, 1.82) is 0 Å². The van der Waals surface area contributed by atoms with E-state index in [1.54, 1.807) is 0 Å². The van der Waals surface area contributed by atoms with Gasteiger partial charge in [-0.25, -0.2) is 8.78 Å². The van der Waals surface area contributed by atoms with Crippen LogP contribution in [-0.4, -0.2) is 0 Å². The Kier molecular flexibility index (Phi) is 3.41. The van der Waals surface area contributed by atoms with Gasteiger partial charge in [0.15, 0.2) is 11.6 Å². The average Bonchev–Trinajstić information content (AvgIpc) is 2.48. The van der Waals surface area contributed by atoms with Crippen molar-refractivity contribution in [1.82, 2.24) is 0 Å². The van der Waals surface area contributed by atoms with Gasteiger partial charge in [0.1, 0.15) is 0 Å². The number of benzene rings is 3. The Morgan fingerprint density at radius 2 is 1.29 bits per heavy atom. The summed E-state index contributed by atoms with van der Waals surface area (Å²) in [5.74, 6) is 4.09. The second-order valence-corrected chi connectivity index (χ2v) is 4.94. The third-order valence-electron chi connectivity index (χ3n) is 3.27. The fourth-order valence-electron chi connectivity index (χ4n) is 2.16. The normalized spacial score (nSPS) is 10.2. The van der Waals surface area contributed by atoms with Crippen molar-refractivity contribution >= 4 is 10.8 Å². The zero-order chi connectivity index (χ0) is 14.8. The fraction of sp³-hybridized carbons (Fsp3) is 0.0526. The van der Waals surface area contributed by atoms with Crippen LogP contribution in [0.4, 0.5) is 8.78 Å². The SMILES string of the molecule is Cc1ccc2cc(C#Cc3ccc(F)c(F)c3)ccc2c1. The van der Waals surface area contributed by atoms with E-state index in [1.807, 2.05) is 24.3 Å². The van der Waals surface area contributed by atoms with Gasteiger partial charge >= 0.3 is 0 Å². The molecule has 3 aromatic carbocycles. The molecule has 0 aromatic heterocycles. The molecule has 0 nitrogen and oxygen atoms in total. The van der Waals surface area contributed by atoms with Crippen LogP contribution < -0.4 is 0 Å². The van der Waals surface area contributed by atoms with E-state index < -0.39 is 11.6 Å². The third kappa shape index (κ3) is 2.93. The quantitative estimate of drug-likeness (QED) is 0.517. The maximum Gasteiger partial charge on any atom is 0.160 e. The van der Waals surface area contributed by atoms with Crippen LogP contribution >= 0.6 is 0 Å². The third-order valence-corrected chi connectivity index (χ3v) is 3.27. The molecule has 0 N–H and O–H groups in total. The molecule has 0 heterocycles. The molecule has 0 aliphatic rings. The molecular weight excluding hydrogens is 266 g/mol. The number of halogens is 2. The van der Waals surface area contributed by atoms with E-state index in [0.717, 1.165) is 28.5 Å². The first-order valence-electron chi connectivity index (χ1n) is 6.59. The molecule has 0 aliphatic carbocycles. The van der Waals surface area contributed by atoms with Crippen molar-refractivity contribution in [3.05, 3.63) is 82.9 Å². The first-order valence-corrected chi connectivity index (χ1v) is 6.59. The molecule has 3 rings (SSSR count). The van der Waals surface area contributed by atoms with E-state index >= 15 is 0 Å². The van der Waals surface area contributed by atoms with Gasteiger partial charge in [0, 0.05) is 11.1 Å². The second-order valence-electron chi connectivity index (χ2n) is 4.94. The van der Waals surface area contributed by atoms with Crippen LogP contribution in [0, 0.1) is 30.4 Å². The van der Waals surface area contributed by atoms with Crippen molar-refractivity contribution < 1.29 is 8.78 Å². The topological polar surface area (TPSA) is 0 Å². The second kappa shape index (κ2) is 5.38. The Balaban J connectivity index is 1.96. The van der Waals surface area contributed by atoms with Gasteiger partial charge in [-0.1, -0.05) is 41.7 Å². The maximum atomic E-state index is 13.1. The molecule has 0 saturated heterocycles. The summed E-state index contributed by atoms with van der Waals surface area (Å²) in [5, 5.41) is 2.27. The summed E-state index contributed by atoms with van der Waals surface area (Å²) >= 11 is 0. The molecule has 0 unspecified atom stereocenters. The Hall–Kier alpha value is -2.66. The van der Waals surface area contributed by atoms with E-state index in [0.29, 0.717) is 5.56 Å². The highest BCUT2D eigenvalue weighted by Gasteiger charge is 2.00. The highest BCUT2D eigenvalue weighted by atomic mass is 19.2. The van der Waals surface area contributed by atoms with Crippen molar-refractivity contribution in [3.8, 4) is 11.8 Å². The lowest BCUT2D eigenvalue weighted by molar-refractivity contribution is 0.508. The molecule has 0 aliphatic heterocycles. The maximum absolute atomic E-state index is 13.1. The van der Waals surface area contributed by atoms with Crippen LogP contribution in [0.5, 0.6) is 0 Å². The molecular formula is C19H12F2. The molecule has 0 amide bonds. The van der Waals surface area contributed by atoms with Gasteiger partial charge in [0.2, 0.25) is 0 Å². The number of aryl methyl sites for hydroxylation is 1. The zero-order valence-electron chi connectivity index (χ0n) is 11.5. The minimum absolute atomic E-state index is 0.456. The smallest absolute Gasteiger partial charge is 0.160 e. The van der Waals surface area contributed by atoms with E-state index in [4.69, 9.17) is 0 Å². The van der Waals surface area contributed by atoms with Crippen molar-refractivity contribution in [2.75, 3.05) is 0 Å². The number of hydrogen-bond acceptors (Lipinski definition) is 0. The number of rotatable bonds is 0. The standard InChI is InChI=1S/C19H12F2/c1-13-2-7-17-11-14(5-8-16(17)10-13)3-4-15-6-9-18(20)19(21)12-15/h2,5-12H,1H3. The van der Waals surface area contributed by atoms with Crippen molar-refractivity contribution in [3.63, 3.8) is 0 Å². The van der Waals surface area contributed by atoms with Gasteiger partial charge in [0.25, 0.3) is 0 Å². The Labute approximate surface area is 122 Å². The predicted molar refractivity (Wildman–Crippen MR) is 81.0 cm³/mol. The van der Waals surface area contributed by atoms with Gasteiger partial charge < -0.3 is 0 Å². The zero-order valence-corrected chi connectivity index (χ0v) is 11.5. The van der Waals surface area contributed by atoms with E-state index in [2.05, 4.69) is 30.9 Å². The molecule has 0 saturated carbocycles. The minimum atomic E-state index is -0.879. The fourth-order valence-corrected chi connectivity index (χ4v) is 2.16. The Bertz CT molecular complexity index is 883. The minimum Gasteiger partial charge on any atom is -0.204 e. The summed E-state index contributed by atoms with van der Waals surface area (Å²) in [6.07, 6.45) is 0. The van der Waals surface area contributed by atoms with Crippen LogP contribution in [0.3, 0.4) is 0 Å². The summed E-state index contributed by atoms with van der Waals surface area (Å²) in [4.78, 5) is 0. The Morgan fingerprint density at radius 1 is 0.667 bits per heavy atom. The van der Waals surface area contributed by atoms with Crippen LogP contribution in [0.25, 0.3) is 10.8 Å². The molecule has 2 heteroatoms. The monoisotopic (exact) mass is 278 g/mol. The van der Waals surface area contributed by atoms with E-state index in [-0.39, 0.29) is 0 Å². The van der Waals surface area contributed by atoms with Crippen LogP contribution in [0.2, 0.25) is 0 Å². The average molecular weight is 278 g/mol. The van der Waals surface area contributed by atoms with Gasteiger partial charge in [-0.15, -0.1) is 0 Å². The predicted octanol–water partition coefficient (Wildman–Crippen LogP) is 4.83. The first-order chi connectivity index (χ1) is 10.1.